The van der Waals surface area contributed by atoms with E-state index in [1.807, 2.05) is 12.5 Å². The second-order valence-corrected chi connectivity index (χ2v) is 7.17. The van der Waals surface area contributed by atoms with Crippen LogP contribution in [-0.2, 0) is 13.1 Å². The van der Waals surface area contributed by atoms with Crippen molar-refractivity contribution >= 4 is 5.96 Å². The molecule has 0 saturated carbocycles. The highest BCUT2D eigenvalue weighted by Crippen LogP contribution is 2.14. The number of nitrogens with one attached hydrogen (secondary N) is 2. The second-order valence-electron chi connectivity index (χ2n) is 7.17. The number of hydrogen-bond donors (Lipinski definition) is 2. The number of aryl methyl sites for hydroxylation is 1. The number of imidazole rings is 1. The number of aromatic nitrogens is 2. The zero-order valence-corrected chi connectivity index (χ0v) is 16.9. The molecule has 5 nitrogen and oxygen atoms in total. The molecule has 2 aromatic carbocycles. The van der Waals surface area contributed by atoms with E-state index in [1.165, 1.54) is 22.3 Å². The zero-order valence-electron chi connectivity index (χ0n) is 16.9. The zero-order chi connectivity index (χ0) is 19.8. The number of aliphatic imine (C=N–C) groups is 1. The summed E-state index contributed by atoms with van der Waals surface area (Å²) >= 11 is 0. The predicted molar refractivity (Wildman–Crippen MR) is 116 cm³/mol. The van der Waals surface area contributed by atoms with E-state index < -0.39 is 0 Å². The molecule has 0 saturated heterocycles. The van der Waals surface area contributed by atoms with Gasteiger partial charge < -0.3 is 15.2 Å². The van der Waals surface area contributed by atoms with Gasteiger partial charge in [0.25, 0.3) is 0 Å². The largest absolute Gasteiger partial charge is 0.356 e. The second kappa shape index (κ2) is 9.74. The summed E-state index contributed by atoms with van der Waals surface area (Å²) in [5.74, 6) is 1.23. The van der Waals surface area contributed by atoms with E-state index in [4.69, 9.17) is 0 Å². The molecular formula is C23H29N5. The number of benzene rings is 2. The van der Waals surface area contributed by atoms with Crippen LogP contribution in [-0.4, -0.2) is 29.1 Å². The molecule has 146 valence electrons. The molecule has 2 N–H and O–H groups in total. The molecule has 28 heavy (non-hydrogen) atoms. The fraction of sp³-hybridized carbons (Fsp3) is 0.304. The minimum Gasteiger partial charge on any atom is -0.356 e. The lowest BCUT2D eigenvalue weighted by molar-refractivity contribution is 0.698. The van der Waals surface area contributed by atoms with Crippen LogP contribution in [0.4, 0.5) is 0 Å². The molecule has 0 aliphatic carbocycles. The summed E-state index contributed by atoms with van der Waals surface area (Å²) in [6.45, 7) is 6.74. The van der Waals surface area contributed by atoms with Gasteiger partial charge in [0.15, 0.2) is 5.96 Å². The van der Waals surface area contributed by atoms with Crippen molar-refractivity contribution in [1.29, 1.82) is 0 Å². The first-order chi connectivity index (χ1) is 13.6. The highest BCUT2D eigenvalue weighted by molar-refractivity contribution is 5.79. The van der Waals surface area contributed by atoms with Gasteiger partial charge in [0.1, 0.15) is 0 Å². The van der Waals surface area contributed by atoms with Gasteiger partial charge in [0.05, 0.1) is 6.33 Å². The highest BCUT2D eigenvalue weighted by atomic mass is 15.2. The van der Waals surface area contributed by atoms with Crippen LogP contribution < -0.4 is 10.6 Å². The summed E-state index contributed by atoms with van der Waals surface area (Å²) in [4.78, 5) is 8.45. The van der Waals surface area contributed by atoms with Gasteiger partial charge in [-0.1, -0.05) is 61.0 Å². The van der Waals surface area contributed by atoms with E-state index in [0.29, 0.717) is 5.92 Å². The fourth-order valence-corrected chi connectivity index (χ4v) is 3.10. The van der Waals surface area contributed by atoms with Crippen LogP contribution in [0.5, 0.6) is 0 Å². The molecule has 0 fully saturated rings. The van der Waals surface area contributed by atoms with Crippen molar-refractivity contribution in [3.63, 3.8) is 0 Å². The minimum absolute atomic E-state index is 0.414. The summed E-state index contributed by atoms with van der Waals surface area (Å²) in [6.07, 6.45) is 5.62. The Kier molecular flexibility index (Phi) is 6.84. The molecule has 0 amide bonds. The van der Waals surface area contributed by atoms with Crippen LogP contribution in [0.25, 0.3) is 0 Å². The Balaban J connectivity index is 1.50. The van der Waals surface area contributed by atoms with Crippen molar-refractivity contribution in [3.05, 3.63) is 89.5 Å². The molecule has 1 aromatic heterocycles. The van der Waals surface area contributed by atoms with Crippen LogP contribution in [0.3, 0.4) is 0 Å². The third-order valence-corrected chi connectivity index (χ3v) is 4.82. The van der Waals surface area contributed by atoms with E-state index in [1.54, 1.807) is 13.2 Å². The SMILES string of the molecule is CN=C(NCc1cccc(Cn2ccnc2)c1)NCC(C)c1ccc(C)cc1. The maximum atomic E-state index is 4.35. The molecule has 1 heterocycles. The number of rotatable bonds is 7. The summed E-state index contributed by atoms with van der Waals surface area (Å²) in [7, 11) is 1.81. The normalized spacial score (nSPS) is 12.6. The first-order valence-electron chi connectivity index (χ1n) is 9.68. The maximum Gasteiger partial charge on any atom is 0.191 e. The Hall–Kier alpha value is -3.08. The number of nitrogens with zero attached hydrogens (tertiary/aromatic N) is 3. The summed E-state index contributed by atoms with van der Waals surface area (Å²) in [6, 6.07) is 17.3. The first-order valence-corrected chi connectivity index (χ1v) is 9.68. The quantitative estimate of drug-likeness (QED) is 0.489. The Morgan fingerprint density at radius 2 is 1.89 bits per heavy atom. The van der Waals surface area contributed by atoms with Crippen LogP contribution in [0.1, 0.15) is 35.1 Å². The number of hydrogen-bond acceptors (Lipinski definition) is 2. The summed E-state index contributed by atoms with van der Waals surface area (Å²) < 4.78 is 2.07. The average Bonchev–Trinajstić information content (AvgIpc) is 3.22. The molecule has 0 spiro atoms. The van der Waals surface area contributed by atoms with Crippen LogP contribution in [0, 0.1) is 6.92 Å². The van der Waals surface area contributed by atoms with E-state index in [9.17, 15) is 0 Å². The van der Waals surface area contributed by atoms with Gasteiger partial charge in [-0.25, -0.2) is 4.98 Å². The fourth-order valence-electron chi connectivity index (χ4n) is 3.10. The van der Waals surface area contributed by atoms with Gasteiger partial charge >= 0.3 is 0 Å². The third kappa shape index (κ3) is 5.71. The lowest BCUT2D eigenvalue weighted by atomic mass is 10.0. The predicted octanol–water partition coefficient (Wildman–Crippen LogP) is 3.71. The van der Waals surface area contributed by atoms with Crippen LogP contribution in [0.15, 0.2) is 72.2 Å². The van der Waals surface area contributed by atoms with Crippen LogP contribution >= 0.6 is 0 Å². The lowest BCUT2D eigenvalue weighted by Crippen LogP contribution is -2.38. The first kappa shape index (κ1) is 19.7. The van der Waals surface area contributed by atoms with Crippen molar-refractivity contribution in [2.24, 2.45) is 4.99 Å². The van der Waals surface area contributed by atoms with Crippen molar-refractivity contribution < 1.29 is 0 Å². The number of guanidine groups is 1. The molecule has 5 heteroatoms. The summed E-state index contributed by atoms with van der Waals surface area (Å²) in [5, 5.41) is 6.84. The van der Waals surface area contributed by atoms with Gasteiger partial charge in [0.2, 0.25) is 0 Å². The highest BCUT2D eigenvalue weighted by Gasteiger charge is 2.07. The van der Waals surface area contributed by atoms with Crippen molar-refractivity contribution in [3.8, 4) is 0 Å². The maximum absolute atomic E-state index is 4.35. The Morgan fingerprint density at radius 1 is 1.11 bits per heavy atom. The van der Waals surface area contributed by atoms with Crippen LogP contribution in [0.2, 0.25) is 0 Å². The van der Waals surface area contributed by atoms with Crippen molar-refractivity contribution in [2.75, 3.05) is 13.6 Å². The van der Waals surface area contributed by atoms with Gasteiger partial charge in [-0.15, -0.1) is 0 Å². The van der Waals surface area contributed by atoms with E-state index >= 15 is 0 Å². The van der Waals surface area contributed by atoms with Crippen molar-refractivity contribution in [1.82, 2.24) is 20.2 Å². The molecule has 3 rings (SSSR count). The standard InChI is InChI=1S/C23H29N5/c1-18-7-9-22(10-8-18)19(2)14-26-23(24-3)27-15-20-5-4-6-21(13-20)16-28-12-11-25-17-28/h4-13,17,19H,14-16H2,1-3H3,(H2,24,26,27). The van der Waals surface area contributed by atoms with E-state index in [2.05, 4.69) is 87.6 Å². The molecule has 1 atom stereocenters. The van der Waals surface area contributed by atoms with Gasteiger partial charge in [0, 0.05) is 39.1 Å². The van der Waals surface area contributed by atoms with E-state index in [-0.39, 0.29) is 0 Å². The Labute approximate surface area is 167 Å². The van der Waals surface area contributed by atoms with Crippen molar-refractivity contribution in [2.45, 2.75) is 32.9 Å². The Bertz CT molecular complexity index is 882. The molecule has 0 radical (unpaired) electrons. The van der Waals surface area contributed by atoms with Gasteiger partial charge in [-0.3, -0.25) is 4.99 Å². The topological polar surface area (TPSA) is 54.2 Å². The monoisotopic (exact) mass is 375 g/mol. The summed E-state index contributed by atoms with van der Waals surface area (Å²) in [5.41, 5.74) is 5.11. The molecule has 1 unspecified atom stereocenters. The molecule has 3 aromatic rings. The molecular weight excluding hydrogens is 346 g/mol. The van der Waals surface area contributed by atoms with E-state index in [0.717, 1.165) is 25.6 Å². The van der Waals surface area contributed by atoms with Gasteiger partial charge in [-0.2, -0.15) is 0 Å². The third-order valence-electron chi connectivity index (χ3n) is 4.82. The average molecular weight is 376 g/mol. The smallest absolute Gasteiger partial charge is 0.191 e. The Morgan fingerprint density at radius 3 is 2.61 bits per heavy atom. The lowest BCUT2D eigenvalue weighted by Gasteiger charge is -2.17. The molecule has 0 aliphatic heterocycles. The molecule has 0 aliphatic rings. The minimum atomic E-state index is 0.414. The van der Waals surface area contributed by atoms with Gasteiger partial charge in [-0.05, 0) is 29.5 Å². The molecule has 0 bridgehead atoms.